The molecule has 1 N–H and O–H groups in total. The first-order valence-electron chi connectivity index (χ1n) is 6.23. The third-order valence-electron chi connectivity index (χ3n) is 2.76. The topological polar surface area (TPSA) is 29.9 Å². The molecule has 5 heteroatoms. The number of halogens is 2. The van der Waals surface area contributed by atoms with E-state index in [0.29, 0.717) is 24.7 Å². The standard InChI is InChI=1S/C14H17ClFN3/c1-10(2)17-6-12-8-19(9-18-12)7-11-4-3-5-13(15)14(11)16/h3-5,8-10,17H,6-7H2,1-2H3. The van der Waals surface area contributed by atoms with E-state index in [1.165, 1.54) is 0 Å². The van der Waals surface area contributed by atoms with E-state index in [-0.39, 0.29) is 10.8 Å². The highest BCUT2D eigenvalue weighted by molar-refractivity contribution is 6.30. The Morgan fingerprint density at radius 2 is 2.21 bits per heavy atom. The number of nitrogens with zero attached hydrogens (tertiary/aromatic N) is 2. The number of imidazole rings is 1. The summed E-state index contributed by atoms with van der Waals surface area (Å²) >= 11 is 5.76. The van der Waals surface area contributed by atoms with Crippen molar-refractivity contribution in [2.45, 2.75) is 33.0 Å². The fourth-order valence-corrected chi connectivity index (χ4v) is 1.95. The number of rotatable bonds is 5. The quantitative estimate of drug-likeness (QED) is 0.912. The van der Waals surface area contributed by atoms with E-state index in [4.69, 9.17) is 11.6 Å². The molecular weight excluding hydrogens is 265 g/mol. The number of hydrogen-bond donors (Lipinski definition) is 1. The van der Waals surface area contributed by atoms with Crippen LogP contribution in [0.1, 0.15) is 25.1 Å². The lowest BCUT2D eigenvalue weighted by molar-refractivity contribution is 0.582. The first-order chi connectivity index (χ1) is 9.06. The van der Waals surface area contributed by atoms with Gasteiger partial charge in [-0.05, 0) is 6.07 Å². The summed E-state index contributed by atoms with van der Waals surface area (Å²) in [6.45, 7) is 5.31. The van der Waals surface area contributed by atoms with Crippen LogP contribution in [0, 0.1) is 5.82 Å². The molecule has 0 amide bonds. The lowest BCUT2D eigenvalue weighted by atomic mass is 10.2. The summed E-state index contributed by atoms with van der Waals surface area (Å²) in [5, 5.41) is 3.44. The van der Waals surface area contributed by atoms with Crippen LogP contribution in [-0.4, -0.2) is 15.6 Å². The summed E-state index contributed by atoms with van der Waals surface area (Å²) in [5.74, 6) is -0.361. The molecule has 0 unspecified atom stereocenters. The fourth-order valence-electron chi connectivity index (χ4n) is 1.76. The molecule has 1 aromatic heterocycles. The fraction of sp³-hybridized carbons (Fsp3) is 0.357. The summed E-state index contributed by atoms with van der Waals surface area (Å²) in [7, 11) is 0. The highest BCUT2D eigenvalue weighted by atomic mass is 35.5. The monoisotopic (exact) mass is 281 g/mol. The molecule has 0 aliphatic heterocycles. The second kappa shape index (κ2) is 6.17. The molecule has 2 aromatic rings. The van der Waals surface area contributed by atoms with Gasteiger partial charge in [-0.1, -0.05) is 37.6 Å². The minimum Gasteiger partial charge on any atom is -0.333 e. The van der Waals surface area contributed by atoms with Crippen LogP contribution in [0.25, 0.3) is 0 Å². The molecule has 3 nitrogen and oxygen atoms in total. The van der Waals surface area contributed by atoms with Gasteiger partial charge >= 0.3 is 0 Å². The van der Waals surface area contributed by atoms with Gasteiger partial charge in [0.05, 0.1) is 23.6 Å². The molecule has 0 atom stereocenters. The van der Waals surface area contributed by atoms with Gasteiger partial charge in [0.15, 0.2) is 0 Å². The van der Waals surface area contributed by atoms with Gasteiger partial charge in [0.2, 0.25) is 0 Å². The molecule has 0 saturated heterocycles. The molecule has 0 aliphatic carbocycles. The van der Waals surface area contributed by atoms with Crippen molar-refractivity contribution in [1.82, 2.24) is 14.9 Å². The zero-order valence-corrected chi connectivity index (χ0v) is 11.8. The van der Waals surface area contributed by atoms with Gasteiger partial charge in [0.25, 0.3) is 0 Å². The number of benzene rings is 1. The lowest BCUT2D eigenvalue weighted by Gasteiger charge is -2.06. The number of nitrogens with one attached hydrogen (secondary N) is 1. The van der Waals surface area contributed by atoms with E-state index < -0.39 is 0 Å². The Bertz CT molecular complexity index is 551. The highest BCUT2D eigenvalue weighted by Gasteiger charge is 2.07. The van der Waals surface area contributed by atoms with Gasteiger partial charge in [0, 0.05) is 24.3 Å². The van der Waals surface area contributed by atoms with E-state index >= 15 is 0 Å². The maximum atomic E-state index is 13.8. The molecule has 0 bridgehead atoms. The highest BCUT2D eigenvalue weighted by Crippen LogP contribution is 2.18. The second-order valence-corrected chi connectivity index (χ2v) is 5.19. The predicted molar refractivity (Wildman–Crippen MR) is 74.7 cm³/mol. The molecule has 1 aromatic carbocycles. The third kappa shape index (κ3) is 3.78. The van der Waals surface area contributed by atoms with E-state index in [9.17, 15) is 4.39 Å². The summed E-state index contributed by atoms with van der Waals surface area (Å²) in [6, 6.07) is 5.44. The molecule has 1 heterocycles. The zero-order valence-electron chi connectivity index (χ0n) is 11.0. The van der Waals surface area contributed by atoms with Crippen LogP contribution >= 0.6 is 11.6 Å². The Morgan fingerprint density at radius 3 is 2.95 bits per heavy atom. The van der Waals surface area contributed by atoms with Crippen molar-refractivity contribution < 1.29 is 4.39 Å². The summed E-state index contributed by atoms with van der Waals surface area (Å²) < 4.78 is 15.6. The van der Waals surface area contributed by atoms with Gasteiger partial charge in [-0.2, -0.15) is 0 Å². The average molecular weight is 282 g/mol. The van der Waals surface area contributed by atoms with Gasteiger partial charge < -0.3 is 9.88 Å². The normalized spacial score (nSPS) is 11.2. The van der Waals surface area contributed by atoms with Crippen LogP contribution in [0.15, 0.2) is 30.7 Å². The molecule has 102 valence electrons. The van der Waals surface area contributed by atoms with Crippen LogP contribution in [0.4, 0.5) is 4.39 Å². The first kappa shape index (κ1) is 14.0. The molecule has 0 aliphatic rings. The molecule has 0 spiro atoms. The summed E-state index contributed by atoms with van der Waals surface area (Å²) in [4.78, 5) is 4.28. The van der Waals surface area contributed by atoms with Crippen molar-refractivity contribution in [3.8, 4) is 0 Å². The average Bonchev–Trinajstić information content (AvgIpc) is 2.80. The molecule has 2 rings (SSSR count). The van der Waals surface area contributed by atoms with Crippen molar-refractivity contribution in [3.63, 3.8) is 0 Å². The minimum absolute atomic E-state index is 0.152. The summed E-state index contributed by atoms with van der Waals surface area (Å²) in [6.07, 6.45) is 3.62. The Balaban J connectivity index is 2.05. The Morgan fingerprint density at radius 1 is 1.42 bits per heavy atom. The first-order valence-corrected chi connectivity index (χ1v) is 6.61. The number of aromatic nitrogens is 2. The van der Waals surface area contributed by atoms with Crippen LogP contribution in [-0.2, 0) is 13.1 Å². The maximum Gasteiger partial charge on any atom is 0.146 e. The van der Waals surface area contributed by atoms with Gasteiger partial charge in [-0.15, -0.1) is 0 Å². The van der Waals surface area contributed by atoms with E-state index in [1.807, 2.05) is 10.8 Å². The van der Waals surface area contributed by atoms with Gasteiger partial charge in [0.1, 0.15) is 5.82 Å². The summed E-state index contributed by atoms with van der Waals surface area (Å²) in [5.41, 5.74) is 1.50. The zero-order chi connectivity index (χ0) is 13.8. The SMILES string of the molecule is CC(C)NCc1cn(Cc2cccc(Cl)c2F)cn1. The Kier molecular flexibility index (Phi) is 4.56. The molecule has 0 radical (unpaired) electrons. The van der Waals surface area contributed by atoms with Crippen LogP contribution < -0.4 is 5.32 Å². The van der Waals surface area contributed by atoms with Crippen molar-refractivity contribution in [1.29, 1.82) is 0 Å². The largest absolute Gasteiger partial charge is 0.333 e. The molecule has 0 fully saturated rings. The van der Waals surface area contributed by atoms with Crippen LogP contribution in [0.5, 0.6) is 0 Å². The van der Waals surface area contributed by atoms with Gasteiger partial charge in [-0.25, -0.2) is 9.37 Å². The van der Waals surface area contributed by atoms with Gasteiger partial charge in [-0.3, -0.25) is 0 Å². The van der Waals surface area contributed by atoms with Crippen molar-refractivity contribution in [2.24, 2.45) is 0 Å². The molecule has 19 heavy (non-hydrogen) atoms. The molecule has 0 saturated carbocycles. The molecular formula is C14H17ClFN3. The van der Waals surface area contributed by atoms with Crippen molar-refractivity contribution in [3.05, 3.63) is 52.8 Å². The van der Waals surface area contributed by atoms with E-state index in [2.05, 4.69) is 24.1 Å². The van der Waals surface area contributed by atoms with Crippen LogP contribution in [0.2, 0.25) is 5.02 Å². The van der Waals surface area contributed by atoms with Crippen LogP contribution in [0.3, 0.4) is 0 Å². The Hall–Kier alpha value is -1.39. The second-order valence-electron chi connectivity index (χ2n) is 4.79. The lowest BCUT2D eigenvalue weighted by Crippen LogP contribution is -2.21. The van der Waals surface area contributed by atoms with E-state index in [0.717, 1.165) is 5.69 Å². The predicted octanol–water partition coefficient (Wildman–Crippen LogP) is 3.22. The third-order valence-corrected chi connectivity index (χ3v) is 3.05. The van der Waals surface area contributed by atoms with E-state index in [1.54, 1.807) is 24.5 Å². The minimum atomic E-state index is -0.361. The number of hydrogen-bond acceptors (Lipinski definition) is 2. The van der Waals surface area contributed by atoms with Crippen molar-refractivity contribution in [2.75, 3.05) is 0 Å². The maximum absolute atomic E-state index is 13.8. The smallest absolute Gasteiger partial charge is 0.146 e. The van der Waals surface area contributed by atoms with Crippen molar-refractivity contribution >= 4 is 11.6 Å². The Labute approximate surface area is 117 Å².